The normalized spacial score (nSPS) is 18.7. The summed E-state index contributed by atoms with van der Waals surface area (Å²) >= 11 is 4.45. The molecule has 0 spiro atoms. The number of unbranched alkanes of at least 4 members (excludes halogenated alkanes) is 2. The highest BCUT2D eigenvalue weighted by atomic mass is 79.9. The highest BCUT2D eigenvalue weighted by molar-refractivity contribution is 9.09. The van der Waals surface area contributed by atoms with Crippen LogP contribution in [-0.2, 0) is 73.3 Å². The lowest BCUT2D eigenvalue weighted by atomic mass is 9.81. The monoisotopic (exact) mass is 1370 g/mol. The van der Waals surface area contributed by atoms with Gasteiger partial charge in [-0.3, -0.25) is 52.9 Å². The standard InChI is InChI=1S/C65H108BrN9O15S/c1-4-46(2)63-57(80)24-19-49(12-5-7-29-70-60(83)27-35-90-39-38-88-33-10-14-53(77)43-66)55(78)23-18-50(13-6-8-30-71-59(82)26-34-89-37-36-87-3)58(81)42-51(28-40-91-45-62(85)72-32-25-61(84)75-63)56(79)22-17-48(11-9-31-73-65(68)69)44-74-54(64(67)86)41-47-15-20-52(76)21-16-47/h15-16,20-21,46,48-51,54,63,74,76H,4-14,17-19,22-45H2,1-3H3,(H2,67,86)(H,70,83)(H,71,82)(H,72,85)(H,75,84)(H4,68,69,73)/t46-,48+,49+,50+,51+,54-,63-/m0/s1. The van der Waals surface area contributed by atoms with E-state index in [0.29, 0.717) is 147 Å². The largest absolute Gasteiger partial charge is 0.508 e. The molecule has 516 valence electrons. The molecule has 0 saturated carbocycles. The zero-order chi connectivity index (χ0) is 67.0. The Hall–Kier alpha value is -5.38. The Kier molecular flexibility index (Phi) is 45.9. The fraction of sp³-hybridized carbons (Fsp3) is 0.738. The number of methoxy groups -OCH3 is 1. The molecule has 1 fully saturated rings. The van der Waals surface area contributed by atoms with Crippen LogP contribution in [-0.4, -0.2) is 185 Å². The second kappa shape index (κ2) is 51.1. The number of nitrogens with two attached hydrogens (primary N) is 3. The lowest BCUT2D eigenvalue weighted by molar-refractivity contribution is -0.131. The zero-order valence-corrected chi connectivity index (χ0v) is 56.8. The first-order valence-corrected chi connectivity index (χ1v) is 35.0. The number of ketones is 5. The van der Waals surface area contributed by atoms with Crippen LogP contribution in [0.25, 0.3) is 0 Å². The van der Waals surface area contributed by atoms with Crippen molar-refractivity contribution in [2.45, 2.75) is 174 Å². The highest BCUT2D eigenvalue weighted by Crippen LogP contribution is 2.28. The number of Topliss-reactive ketones (excluding diaryl/α,β-unsaturated/α-hetero) is 5. The second-order valence-corrected chi connectivity index (χ2v) is 25.2. The Balaban J connectivity index is 2.40. The van der Waals surface area contributed by atoms with Crippen molar-refractivity contribution in [2.75, 3.05) is 103 Å². The number of nitrogens with zero attached hydrogens (tertiary/aromatic N) is 1. The van der Waals surface area contributed by atoms with Crippen molar-refractivity contribution in [1.29, 1.82) is 0 Å². The Morgan fingerprint density at radius 2 is 1.34 bits per heavy atom. The van der Waals surface area contributed by atoms with Crippen LogP contribution < -0.4 is 43.8 Å². The number of thioether (sulfide) groups is 1. The van der Waals surface area contributed by atoms with Gasteiger partial charge in [-0.2, -0.15) is 11.8 Å². The van der Waals surface area contributed by atoms with Crippen molar-refractivity contribution in [1.82, 2.24) is 26.6 Å². The number of nitrogens with one attached hydrogen (secondary N) is 5. The topological polar surface area (TPSA) is 378 Å². The minimum absolute atomic E-state index is 0.00805. The van der Waals surface area contributed by atoms with Crippen LogP contribution in [0, 0.1) is 29.6 Å². The summed E-state index contributed by atoms with van der Waals surface area (Å²) in [5.41, 5.74) is 17.9. The molecule has 0 aliphatic carbocycles. The maximum atomic E-state index is 14.9. The van der Waals surface area contributed by atoms with E-state index in [4.69, 9.17) is 36.1 Å². The zero-order valence-electron chi connectivity index (χ0n) is 54.3. The molecular weight excluding hydrogens is 1260 g/mol. The SMILES string of the molecule is CC[C@H](C)[C@@H]1NC(=O)CCNC(=O)CSCC[C@@H](C(=O)CC[C@@H](CCCN=C(N)N)CN[C@@H](Cc2ccc(O)cc2)C(N)=O)CC(=O)[C@H](CCCCNC(=O)CCOCCOC)CCC(=O)[C@H](CCCCNC(=O)CCOCCOCCCC(=O)CBr)CCC1=O. The second-order valence-electron chi connectivity index (χ2n) is 23.5. The number of halogens is 1. The maximum Gasteiger partial charge on any atom is 0.234 e. The number of aliphatic imine (C=N–C) groups is 1. The van der Waals surface area contributed by atoms with Gasteiger partial charge in [0.25, 0.3) is 0 Å². The van der Waals surface area contributed by atoms with Crippen LogP contribution >= 0.6 is 27.7 Å². The number of ether oxygens (including phenoxy) is 4. The van der Waals surface area contributed by atoms with E-state index in [9.17, 15) is 53.1 Å². The Bertz CT molecular complexity index is 2350. The van der Waals surface area contributed by atoms with E-state index in [0.717, 1.165) is 5.56 Å². The molecular formula is C65H108BrN9O15S. The Morgan fingerprint density at radius 3 is 1.95 bits per heavy atom. The van der Waals surface area contributed by atoms with E-state index in [-0.39, 0.29) is 166 Å². The summed E-state index contributed by atoms with van der Waals surface area (Å²) in [4.78, 5) is 138. The quantitative estimate of drug-likeness (QED) is 0.0182. The summed E-state index contributed by atoms with van der Waals surface area (Å²) < 4.78 is 21.5. The van der Waals surface area contributed by atoms with Crippen LogP contribution in [0.5, 0.6) is 5.75 Å². The lowest BCUT2D eigenvalue weighted by Crippen LogP contribution is -2.46. The molecule has 1 aliphatic heterocycles. The smallest absolute Gasteiger partial charge is 0.234 e. The number of benzene rings is 1. The number of hydrogen-bond donors (Lipinski definition) is 9. The summed E-state index contributed by atoms with van der Waals surface area (Å²) in [6, 6.07) is 4.91. The van der Waals surface area contributed by atoms with Gasteiger partial charge in [-0.25, -0.2) is 0 Å². The van der Waals surface area contributed by atoms with Crippen molar-refractivity contribution in [2.24, 2.45) is 51.8 Å². The fourth-order valence-electron chi connectivity index (χ4n) is 10.4. The third kappa shape index (κ3) is 40.4. The third-order valence-corrected chi connectivity index (χ3v) is 17.8. The molecule has 12 N–H and O–H groups in total. The first-order valence-electron chi connectivity index (χ1n) is 32.7. The van der Waals surface area contributed by atoms with E-state index >= 15 is 0 Å². The van der Waals surface area contributed by atoms with E-state index in [2.05, 4.69) is 47.5 Å². The number of aromatic hydroxyl groups is 1. The highest BCUT2D eigenvalue weighted by Gasteiger charge is 2.31. The predicted octanol–water partition coefficient (Wildman–Crippen LogP) is 4.87. The van der Waals surface area contributed by atoms with E-state index in [1.54, 1.807) is 19.2 Å². The molecule has 0 aromatic heterocycles. The van der Waals surface area contributed by atoms with Crippen LogP contribution in [0.4, 0.5) is 0 Å². The minimum Gasteiger partial charge on any atom is -0.508 e. The molecule has 1 heterocycles. The molecule has 91 heavy (non-hydrogen) atoms. The van der Waals surface area contributed by atoms with E-state index < -0.39 is 41.7 Å². The average Bonchev–Trinajstić information content (AvgIpc) is 3.46. The molecule has 1 aromatic carbocycles. The molecule has 2 rings (SSSR count). The number of guanidine groups is 1. The summed E-state index contributed by atoms with van der Waals surface area (Å²) in [6.45, 7) is 7.50. The molecule has 0 bridgehead atoms. The number of carbonyl (C=O) groups excluding carboxylic acids is 10. The fourth-order valence-corrected chi connectivity index (χ4v) is 11.6. The van der Waals surface area contributed by atoms with Crippen LogP contribution in [0.1, 0.15) is 161 Å². The van der Waals surface area contributed by atoms with Gasteiger partial charge in [0.2, 0.25) is 29.5 Å². The average molecular weight is 1370 g/mol. The van der Waals surface area contributed by atoms with Gasteiger partial charge >= 0.3 is 0 Å². The van der Waals surface area contributed by atoms with Gasteiger partial charge in [0, 0.05) is 109 Å². The first kappa shape index (κ1) is 81.7. The van der Waals surface area contributed by atoms with Crippen molar-refractivity contribution in [3.05, 3.63) is 29.8 Å². The lowest BCUT2D eigenvalue weighted by Gasteiger charge is -2.25. The molecule has 1 aliphatic rings. The van der Waals surface area contributed by atoms with Gasteiger partial charge in [-0.15, -0.1) is 0 Å². The summed E-state index contributed by atoms with van der Waals surface area (Å²) in [6.07, 6.45) is 7.36. The van der Waals surface area contributed by atoms with Crippen LogP contribution in [0.3, 0.4) is 0 Å². The van der Waals surface area contributed by atoms with Gasteiger partial charge in [0.15, 0.2) is 11.7 Å². The van der Waals surface area contributed by atoms with Crippen molar-refractivity contribution < 1.29 is 72.0 Å². The van der Waals surface area contributed by atoms with Crippen molar-refractivity contribution in [3.63, 3.8) is 0 Å². The molecule has 7 atom stereocenters. The van der Waals surface area contributed by atoms with E-state index in [1.165, 1.54) is 23.9 Å². The van der Waals surface area contributed by atoms with Gasteiger partial charge in [0.1, 0.15) is 28.9 Å². The number of hydrogen-bond acceptors (Lipinski definition) is 18. The van der Waals surface area contributed by atoms with Crippen molar-refractivity contribution >= 4 is 92.1 Å². The van der Waals surface area contributed by atoms with Crippen LogP contribution in [0.15, 0.2) is 29.3 Å². The molecule has 1 aromatic rings. The molecule has 0 unspecified atom stereocenters. The summed E-state index contributed by atoms with van der Waals surface area (Å²) in [5.74, 6) is -4.08. The summed E-state index contributed by atoms with van der Waals surface area (Å²) in [5, 5.41) is 24.9. The predicted molar refractivity (Wildman–Crippen MR) is 355 cm³/mol. The maximum absolute atomic E-state index is 14.9. The number of phenols is 1. The summed E-state index contributed by atoms with van der Waals surface area (Å²) in [7, 11) is 1.56. The minimum atomic E-state index is -0.808. The first-order chi connectivity index (χ1) is 43.8. The number of rotatable bonds is 43. The van der Waals surface area contributed by atoms with Gasteiger partial charge < -0.3 is 67.8 Å². The molecule has 24 nitrogen and oxygen atoms in total. The number of amides is 5. The molecule has 1 saturated heterocycles. The van der Waals surface area contributed by atoms with Gasteiger partial charge in [-0.1, -0.05) is 61.2 Å². The number of primary amides is 1. The van der Waals surface area contributed by atoms with Crippen molar-refractivity contribution in [3.8, 4) is 5.75 Å². The Morgan fingerprint density at radius 1 is 0.725 bits per heavy atom. The van der Waals surface area contributed by atoms with Gasteiger partial charge in [0.05, 0.1) is 62.8 Å². The molecule has 26 heteroatoms. The van der Waals surface area contributed by atoms with Crippen LogP contribution in [0.2, 0.25) is 0 Å². The van der Waals surface area contributed by atoms with E-state index in [1.807, 2.05) is 13.8 Å². The number of carbonyl (C=O) groups is 10. The third-order valence-electron chi connectivity index (χ3n) is 16.2. The number of alkyl halides is 1. The number of phenolic OH excluding ortho intramolecular Hbond substituents is 1. The molecule has 5 amide bonds. The van der Waals surface area contributed by atoms with Gasteiger partial charge in [-0.05, 0) is 119 Å². The Labute approximate surface area is 551 Å². The molecule has 0 radical (unpaired) electrons.